The maximum atomic E-state index is 14.9. The zero-order valence-electron chi connectivity index (χ0n) is 21.1. The molecule has 0 spiro atoms. The van der Waals surface area contributed by atoms with Gasteiger partial charge in [0.2, 0.25) is 10.0 Å². The van der Waals surface area contributed by atoms with Crippen molar-refractivity contribution < 1.29 is 17.2 Å². The molecule has 1 aliphatic rings. The maximum Gasteiger partial charge on any atom is 0.339 e. The number of pyridine rings is 1. The van der Waals surface area contributed by atoms with Gasteiger partial charge in [0.05, 0.1) is 11.6 Å². The summed E-state index contributed by atoms with van der Waals surface area (Å²) in [6, 6.07) is 12.2. The summed E-state index contributed by atoms with van der Waals surface area (Å²) < 4.78 is 48.9. The highest BCUT2D eigenvalue weighted by molar-refractivity contribution is 14.1. The Balaban J connectivity index is 1.79. The highest BCUT2D eigenvalue weighted by Crippen LogP contribution is 2.40. The molecule has 0 bridgehead atoms. The van der Waals surface area contributed by atoms with Crippen LogP contribution in [0.25, 0.3) is 22.1 Å². The van der Waals surface area contributed by atoms with E-state index < -0.39 is 21.5 Å². The summed E-state index contributed by atoms with van der Waals surface area (Å²) in [5, 5.41) is 0.271. The van der Waals surface area contributed by atoms with E-state index in [2.05, 4.69) is 4.72 Å². The van der Waals surface area contributed by atoms with Crippen LogP contribution in [0.3, 0.4) is 0 Å². The van der Waals surface area contributed by atoms with E-state index >= 15 is 0 Å². The van der Waals surface area contributed by atoms with Crippen molar-refractivity contribution in [2.75, 3.05) is 6.26 Å². The number of aromatic nitrogens is 1. The first kappa shape index (κ1) is 26.8. The molecular formula is C28H26FIN2O5S. The second kappa shape index (κ2) is 10.0. The monoisotopic (exact) mass is 648 g/mol. The lowest BCUT2D eigenvalue weighted by molar-refractivity contribution is 0.549. The molecule has 2 aromatic heterocycles. The van der Waals surface area contributed by atoms with Gasteiger partial charge in [-0.05, 0) is 89.7 Å². The van der Waals surface area contributed by atoms with Gasteiger partial charge < -0.3 is 8.98 Å². The van der Waals surface area contributed by atoms with Crippen LogP contribution in [0.2, 0.25) is 0 Å². The van der Waals surface area contributed by atoms with Crippen molar-refractivity contribution in [2.24, 2.45) is 0 Å². The predicted molar refractivity (Wildman–Crippen MR) is 154 cm³/mol. The third-order valence-electron chi connectivity index (χ3n) is 6.91. The van der Waals surface area contributed by atoms with Crippen LogP contribution in [-0.2, 0) is 23.0 Å². The standard InChI is InChI=1S/C28H26FIN2O5S/c1-15-22(12-18-7-8-20(30)13-23(18)29)25-26(37-28(15)34)24(16(2)32(27(25)33)21-9-10-21)19-6-4-5-17(11-19)14-31-38(3,35)36/h4-8,11,13,21,31H,9-10,12,14H2,1-3H3. The van der Waals surface area contributed by atoms with E-state index in [1.54, 1.807) is 35.8 Å². The molecule has 0 aliphatic heterocycles. The summed E-state index contributed by atoms with van der Waals surface area (Å²) >= 11 is 2.03. The topological polar surface area (TPSA) is 98.4 Å². The zero-order chi connectivity index (χ0) is 27.4. The molecule has 4 aromatic rings. The van der Waals surface area contributed by atoms with Crippen LogP contribution in [0.15, 0.2) is 56.5 Å². The Hall–Kier alpha value is -2.83. The molecule has 1 N–H and O–H groups in total. The largest absolute Gasteiger partial charge is 0.422 e. The molecule has 1 aliphatic carbocycles. The zero-order valence-corrected chi connectivity index (χ0v) is 24.1. The number of fused-ring (bicyclic) bond motifs is 1. The van der Waals surface area contributed by atoms with Gasteiger partial charge in [-0.25, -0.2) is 22.3 Å². The summed E-state index contributed by atoms with van der Waals surface area (Å²) in [6.07, 6.45) is 2.88. The molecule has 198 valence electrons. The number of halogens is 2. The summed E-state index contributed by atoms with van der Waals surface area (Å²) in [5.74, 6) is -0.404. The molecule has 7 nitrogen and oxygen atoms in total. The Morgan fingerprint density at radius 3 is 2.53 bits per heavy atom. The summed E-state index contributed by atoms with van der Waals surface area (Å²) in [6.45, 7) is 3.52. The molecule has 2 aromatic carbocycles. The summed E-state index contributed by atoms with van der Waals surface area (Å²) in [7, 11) is -3.40. The van der Waals surface area contributed by atoms with E-state index in [0.29, 0.717) is 33.5 Å². The lowest BCUT2D eigenvalue weighted by atomic mass is 9.94. The van der Waals surface area contributed by atoms with E-state index in [1.807, 2.05) is 41.6 Å². The van der Waals surface area contributed by atoms with Crippen molar-refractivity contribution in [3.05, 3.63) is 101 Å². The van der Waals surface area contributed by atoms with E-state index in [-0.39, 0.29) is 41.1 Å². The third-order valence-corrected chi connectivity index (χ3v) is 8.25. The molecule has 0 unspecified atom stereocenters. The van der Waals surface area contributed by atoms with E-state index in [1.165, 1.54) is 6.07 Å². The molecule has 0 atom stereocenters. The van der Waals surface area contributed by atoms with Crippen LogP contribution < -0.4 is 15.9 Å². The number of sulfonamides is 1. The van der Waals surface area contributed by atoms with Crippen LogP contribution >= 0.6 is 22.6 Å². The molecule has 5 rings (SSSR count). The van der Waals surface area contributed by atoms with Gasteiger partial charge in [0.1, 0.15) is 5.82 Å². The van der Waals surface area contributed by atoms with Gasteiger partial charge in [0.15, 0.2) is 5.58 Å². The van der Waals surface area contributed by atoms with Gasteiger partial charge in [-0.1, -0.05) is 24.3 Å². The summed E-state index contributed by atoms with van der Waals surface area (Å²) in [4.78, 5) is 27.0. The highest BCUT2D eigenvalue weighted by Gasteiger charge is 2.31. The highest BCUT2D eigenvalue weighted by atomic mass is 127. The van der Waals surface area contributed by atoms with Crippen molar-refractivity contribution in [1.29, 1.82) is 0 Å². The Morgan fingerprint density at radius 2 is 1.87 bits per heavy atom. The number of nitrogens with one attached hydrogen (secondary N) is 1. The number of nitrogens with zero attached hydrogens (tertiary/aromatic N) is 1. The van der Waals surface area contributed by atoms with E-state index in [4.69, 9.17) is 4.42 Å². The van der Waals surface area contributed by atoms with Crippen molar-refractivity contribution in [1.82, 2.24) is 9.29 Å². The Morgan fingerprint density at radius 1 is 1.13 bits per heavy atom. The Labute approximate surface area is 232 Å². The quantitative estimate of drug-likeness (QED) is 0.286. The van der Waals surface area contributed by atoms with Crippen LogP contribution in [0, 0.1) is 23.2 Å². The first-order valence-corrected chi connectivity index (χ1v) is 15.1. The molecule has 0 saturated heterocycles. The van der Waals surface area contributed by atoms with Crippen molar-refractivity contribution in [2.45, 2.75) is 45.7 Å². The fraction of sp³-hybridized carbons (Fsp3) is 0.286. The number of rotatable bonds is 7. The average Bonchev–Trinajstić information content (AvgIpc) is 3.67. The molecule has 1 fully saturated rings. The molecule has 0 amide bonds. The predicted octanol–water partition coefficient (Wildman–Crippen LogP) is 4.96. The lowest BCUT2D eigenvalue weighted by Gasteiger charge is -2.19. The van der Waals surface area contributed by atoms with Crippen LogP contribution in [-0.4, -0.2) is 19.2 Å². The van der Waals surface area contributed by atoms with Crippen molar-refractivity contribution in [3.63, 3.8) is 0 Å². The van der Waals surface area contributed by atoms with Crippen molar-refractivity contribution >= 4 is 43.6 Å². The first-order chi connectivity index (χ1) is 17.9. The van der Waals surface area contributed by atoms with Crippen LogP contribution in [0.5, 0.6) is 0 Å². The van der Waals surface area contributed by atoms with Crippen LogP contribution in [0.1, 0.15) is 46.8 Å². The molecular weight excluding hydrogens is 622 g/mol. The normalized spacial score (nSPS) is 13.8. The molecule has 2 heterocycles. The fourth-order valence-electron chi connectivity index (χ4n) is 4.87. The van der Waals surface area contributed by atoms with Gasteiger partial charge in [0.25, 0.3) is 5.56 Å². The van der Waals surface area contributed by atoms with Gasteiger partial charge in [-0.3, -0.25) is 4.79 Å². The average molecular weight is 648 g/mol. The smallest absolute Gasteiger partial charge is 0.339 e. The second-order valence-corrected chi connectivity index (χ2v) is 12.8. The minimum Gasteiger partial charge on any atom is -0.422 e. The minimum absolute atomic E-state index is 0.0378. The number of benzene rings is 2. The Bertz CT molecular complexity index is 1820. The second-order valence-electron chi connectivity index (χ2n) is 9.77. The minimum atomic E-state index is -3.40. The van der Waals surface area contributed by atoms with Crippen molar-refractivity contribution in [3.8, 4) is 11.1 Å². The summed E-state index contributed by atoms with van der Waals surface area (Å²) in [5.41, 5.74) is 3.08. The first-order valence-electron chi connectivity index (χ1n) is 12.1. The van der Waals surface area contributed by atoms with Gasteiger partial charge in [-0.15, -0.1) is 0 Å². The lowest BCUT2D eigenvalue weighted by Crippen LogP contribution is -2.26. The number of hydrogen-bond donors (Lipinski definition) is 1. The maximum absolute atomic E-state index is 14.9. The Kier molecular flexibility index (Phi) is 7.08. The molecule has 0 radical (unpaired) electrons. The van der Waals surface area contributed by atoms with E-state index in [0.717, 1.165) is 22.7 Å². The van der Waals surface area contributed by atoms with Gasteiger partial charge in [0, 0.05) is 39.4 Å². The van der Waals surface area contributed by atoms with Gasteiger partial charge in [-0.2, -0.15) is 0 Å². The van der Waals surface area contributed by atoms with E-state index in [9.17, 15) is 22.4 Å². The van der Waals surface area contributed by atoms with Gasteiger partial charge >= 0.3 is 5.63 Å². The van der Waals surface area contributed by atoms with Crippen LogP contribution in [0.4, 0.5) is 4.39 Å². The molecule has 38 heavy (non-hydrogen) atoms. The SMILES string of the molecule is Cc1c(Cc2ccc(I)cc2F)c2c(=O)n(C3CC3)c(C)c(-c3cccc(CNS(C)(=O)=O)c3)c2oc1=O. The fourth-order valence-corrected chi connectivity index (χ4v) is 5.75. The molecule has 10 heteroatoms. The molecule has 1 saturated carbocycles. The third kappa shape index (κ3) is 5.21. The number of hydrogen-bond acceptors (Lipinski definition) is 5.